The van der Waals surface area contributed by atoms with Crippen LogP contribution < -0.4 is 20.9 Å². The van der Waals surface area contributed by atoms with Crippen molar-refractivity contribution in [3.8, 4) is 17.1 Å². The lowest BCUT2D eigenvalue weighted by atomic mass is 9.82. The summed E-state index contributed by atoms with van der Waals surface area (Å²) >= 11 is 0. The quantitative estimate of drug-likeness (QED) is 0.711. The van der Waals surface area contributed by atoms with E-state index in [1.165, 1.54) is 12.7 Å². The van der Waals surface area contributed by atoms with Crippen molar-refractivity contribution >= 4 is 11.6 Å². The number of fused-ring (bicyclic) bond motifs is 4. The third kappa shape index (κ3) is 3.18. The van der Waals surface area contributed by atoms with E-state index in [-0.39, 0.29) is 11.5 Å². The molecule has 9 nitrogen and oxygen atoms in total. The summed E-state index contributed by atoms with van der Waals surface area (Å²) < 4.78 is 7.15. The maximum atomic E-state index is 12.8. The number of nitrogens with two attached hydrogens (primary N) is 1. The number of nitrogen functional groups attached to an aromatic ring is 1. The van der Waals surface area contributed by atoms with E-state index in [9.17, 15) is 4.79 Å². The summed E-state index contributed by atoms with van der Waals surface area (Å²) in [4.78, 5) is 31.8. The number of hydrogen-bond donors (Lipinski definition) is 1. The number of ether oxygens (including phenoxy) is 1. The Morgan fingerprint density at radius 2 is 1.90 bits per heavy atom. The molecule has 0 aromatic carbocycles. The fraction of sp³-hybridized carbons (Fsp3) is 0.350. The molecule has 5 rings (SSSR count). The van der Waals surface area contributed by atoms with Crippen molar-refractivity contribution in [1.29, 1.82) is 0 Å². The molecule has 2 N–H and O–H groups in total. The molecule has 0 spiro atoms. The summed E-state index contributed by atoms with van der Waals surface area (Å²) in [6, 6.07) is 7.25. The number of anilines is 2. The number of hydrogen-bond acceptors (Lipinski definition) is 8. The normalized spacial score (nSPS) is 20.2. The molecule has 0 amide bonds. The second-order valence-corrected chi connectivity index (χ2v) is 7.57. The van der Waals surface area contributed by atoms with Gasteiger partial charge < -0.3 is 19.9 Å². The Morgan fingerprint density at radius 1 is 1.03 bits per heavy atom. The van der Waals surface area contributed by atoms with Gasteiger partial charge >= 0.3 is 0 Å². The first-order valence-electron chi connectivity index (χ1n) is 9.54. The standard InChI is InChI=1S/C20H21N7O2/c1-29-19-6-18(24-11-25-19)26-7-12-2-14(9-26)16-3-13(4-20(28)27(16)8-12)15-5-17(21)23-10-22-15/h3-6,10-12,14H,2,7-9H2,1H3,(H2,21,22,23)/t12-,14+/m0/s1. The fourth-order valence-corrected chi connectivity index (χ4v) is 4.44. The van der Waals surface area contributed by atoms with E-state index in [0.29, 0.717) is 29.9 Å². The van der Waals surface area contributed by atoms with E-state index in [0.717, 1.165) is 36.6 Å². The highest BCUT2D eigenvalue weighted by molar-refractivity contribution is 5.62. The maximum Gasteiger partial charge on any atom is 0.251 e. The van der Waals surface area contributed by atoms with Crippen LogP contribution in [0.15, 0.2) is 41.7 Å². The van der Waals surface area contributed by atoms with Gasteiger partial charge in [-0.15, -0.1) is 0 Å². The molecule has 2 atom stereocenters. The maximum absolute atomic E-state index is 12.8. The van der Waals surface area contributed by atoms with Gasteiger partial charge in [-0.1, -0.05) is 0 Å². The molecule has 2 aliphatic heterocycles. The van der Waals surface area contributed by atoms with Crippen molar-refractivity contribution in [1.82, 2.24) is 24.5 Å². The zero-order valence-corrected chi connectivity index (χ0v) is 16.0. The Kier molecular flexibility index (Phi) is 4.15. The first-order chi connectivity index (χ1) is 14.1. The summed E-state index contributed by atoms with van der Waals surface area (Å²) in [5.41, 5.74) is 8.26. The van der Waals surface area contributed by atoms with Crippen molar-refractivity contribution in [3.63, 3.8) is 0 Å². The number of piperidine rings is 1. The van der Waals surface area contributed by atoms with Crippen LogP contribution in [0.3, 0.4) is 0 Å². The zero-order valence-electron chi connectivity index (χ0n) is 16.0. The average molecular weight is 391 g/mol. The highest BCUT2D eigenvalue weighted by Crippen LogP contribution is 2.37. The van der Waals surface area contributed by atoms with Crippen molar-refractivity contribution < 1.29 is 4.74 Å². The predicted octanol–water partition coefficient (Wildman–Crippen LogP) is 1.31. The molecule has 1 fully saturated rings. The molecule has 1 saturated heterocycles. The molecule has 3 aromatic rings. The van der Waals surface area contributed by atoms with Gasteiger partial charge in [0.05, 0.1) is 12.8 Å². The summed E-state index contributed by atoms with van der Waals surface area (Å²) in [7, 11) is 1.60. The van der Waals surface area contributed by atoms with Gasteiger partial charge in [0.1, 0.15) is 24.3 Å². The van der Waals surface area contributed by atoms with Crippen LogP contribution in [0.4, 0.5) is 11.6 Å². The van der Waals surface area contributed by atoms with Crippen LogP contribution in [-0.4, -0.2) is 44.7 Å². The number of methoxy groups -OCH3 is 1. The van der Waals surface area contributed by atoms with Gasteiger partial charge in [0.15, 0.2) is 0 Å². The second kappa shape index (κ2) is 6.84. The number of aromatic nitrogens is 5. The molecule has 0 saturated carbocycles. The molecule has 29 heavy (non-hydrogen) atoms. The molecule has 9 heteroatoms. The lowest BCUT2D eigenvalue weighted by Crippen LogP contribution is -2.47. The minimum Gasteiger partial charge on any atom is -0.481 e. The van der Waals surface area contributed by atoms with Crippen LogP contribution in [0.1, 0.15) is 18.0 Å². The molecule has 0 unspecified atom stereocenters. The van der Waals surface area contributed by atoms with Gasteiger partial charge in [-0.3, -0.25) is 4.79 Å². The van der Waals surface area contributed by atoms with E-state index in [4.69, 9.17) is 10.5 Å². The van der Waals surface area contributed by atoms with Gasteiger partial charge in [-0.05, 0) is 18.4 Å². The highest BCUT2D eigenvalue weighted by atomic mass is 16.5. The molecule has 3 aromatic heterocycles. The number of pyridine rings is 1. The Labute approximate surface area is 167 Å². The Morgan fingerprint density at radius 3 is 2.72 bits per heavy atom. The van der Waals surface area contributed by atoms with E-state index in [1.54, 1.807) is 19.2 Å². The molecular weight excluding hydrogens is 370 g/mol. The summed E-state index contributed by atoms with van der Waals surface area (Å²) in [5, 5.41) is 0. The van der Waals surface area contributed by atoms with Crippen LogP contribution in [0.25, 0.3) is 11.3 Å². The predicted molar refractivity (Wildman–Crippen MR) is 108 cm³/mol. The minimum absolute atomic E-state index is 0.00143. The van der Waals surface area contributed by atoms with Crippen molar-refractivity contribution in [2.75, 3.05) is 30.8 Å². The largest absolute Gasteiger partial charge is 0.481 e. The lowest BCUT2D eigenvalue weighted by Gasteiger charge is -2.43. The van der Waals surface area contributed by atoms with E-state index < -0.39 is 0 Å². The van der Waals surface area contributed by atoms with Crippen LogP contribution in [0.2, 0.25) is 0 Å². The third-order valence-corrected chi connectivity index (χ3v) is 5.70. The second-order valence-electron chi connectivity index (χ2n) is 7.57. The minimum atomic E-state index is 0.00143. The van der Waals surface area contributed by atoms with Gasteiger partial charge in [-0.2, -0.15) is 0 Å². The smallest absolute Gasteiger partial charge is 0.251 e. The SMILES string of the molecule is COc1cc(N2C[C@@H]3C[C@H](C2)c2cc(-c4cc(N)ncn4)cc(=O)n2C3)ncn1. The fourth-order valence-electron chi connectivity index (χ4n) is 4.44. The van der Waals surface area contributed by atoms with Crippen molar-refractivity contribution in [2.45, 2.75) is 18.9 Å². The molecule has 5 heterocycles. The van der Waals surface area contributed by atoms with E-state index in [2.05, 4.69) is 30.9 Å². The topological polar surface area (TPSA) is 112 Å². The molecule has 2 bridgehead atoms. The van der Waals surface area contributed by atoms with E-state index >= 15 is 0 Å². The first kappa shape index (κ1) is 17.6. The third-order valence-electron chi connectivity index (χ3n) is 5.70. The molecular formula is C20H21N7O2. The Hall–Kier alpha value is -3.49. The highest BCUT2D eigenvalue weighted by Gasteiger charge is 2.35. The average Bonchev–Trinajstić information content (AvgIpc) is 2.74. The Balaban J connectivity index is 1.52. The van der Waals surface area contributed by atoms with Gasteiger partial charge in [0.25, 0.3) is 5.56 Å². The van der Waals surface area contributed by atoms with Crippen molar-refractivity contribution in [3.05, 3.63) is 53.0 Å². The van der Waals surface area contributed by atoms with Crippen LogP contribution in [0.5, 0.6) is 5.88 Å². The number of rotatable bonds is 3. The summed E-state index contributed by atoms with van der Waals surface area (Å²) in [6.45, 7) is 2.34. The number of nitrogens with zero attached hydrogens (tertiary/aromatic N) is 6. The monoisotopic (exact) mass is 391 g/mol. The lowest BCUT2D eigenvalue weighted by molar-refractivity contribution is 0.280. The summed E-state index contributed by atoms with van der Waals surface area (Å²) in [6.07, 6.45) is 3.99. The molecule has 2 aliphatic rings. The van der Waals surface area contributed by atoms with Crippen LogP contribution >= 0.6 is 0 Å². The molecule has 0 radical (unpaired) electrons. The Bertz CT molecular complexity index is 1130. The summed E-state index contributed by atoms with van der Waals surface area (Å²) in [5.74, 6) is 2.40. The molecule has 0 aliphatic carbocycles. The molecule has 148 valence electrons. The van der Waals surface area contributed by atoms with Gasteiger partial charge in [-0.25, -0.2) is 19.9 Å². The van der Waals surface area contributed by atoms with Crippen LogP contribution in [-0.2, 0) is 6.54 Å². The first-order valence-corrected chi connectivity index (χ1v) is 9.54. The van der Waals surface area contributed by atoms with Gasteiger partial charge in [0, 0.05) is 55.0 Å². The van der Waals surface area contributed by atoms with Crippen molar-refractivity contribution in [2.24, 2.45) is 5.92 Å². The van der Waals surface area contributed by atoms with Gasteiger partial charge in [0.2, 0.25) is 5.88 Å². The van der Waals surface area contributed by atoms with Crippen LogP contribution in [0, 0.1) is 5.92 Å². The van der Waals surface area contributed by atoms with E-state index in [1.807, 2.05) is 10.6 Å². The zero-order chi connectivity index (χ0) is 20.0.